The standard InChI is InChI=1S/C12H10FN3/c13-10-1-3-11(4-2-10)16(9-15)8-12(7-14)5-6-12/h1-4H,5-6,8H2. The van der Waals surface area contributed by atoms with Crippen molar-refractivity contribution in [1.82, 2.24) is 0 Å². The molecule has 1 aromatic carbocycles. The first-order valence-electron chi connectivity index (χ1n) is 5.03. The number of halogens is 1. The zero-order chi connectivity index (χ0) is 11.6. The molecule has 1 saturated carbocycles. The lowest BCUT2D eigenvalue weighted by atomic mass is 10.1. The monoisotopic (exact) mass is 215 g/mol. The molecule has 0 radical (unpaired) electrons. The zero-order valence-corrected chi connectivity index (χ0v) is 8.65. The van der Waals surface area contributed by atoms with E-state index < -0.39 is 0 Å². The van der Waals surface area contributed by atoms with Crippen molar-refractivity contribution in [3.8, 4) is 12.3 Å². The number of hydrogen-bond acceptors (Lipinski definition) is 3. The summed E-state index contributed by atoms with van der Waals surface area (Å²) >= 11 is 0. The lowest BCUT2D eigenvalue weighted by molar-refractivity contribution is 0.626. The Bertz CT molecular complexity index is 463. The van der Waals surface area contributed by atoms with Crippen LogP contribution >= 0.6 is 0 Å². The van der Waals surface area contributed by atoms with E-state index in [4.69, 9.17) is 10.5 Å². The molecule has 0 bridgehead atoms. The maximum atomic E-state index is 12.7. The number of rotatable bonds is 3. The minimum Gasteiger partial charge on any atom is -0.278 e. The fourth-order valence-corrected chi connectivity index (χ4v) is 1.56. The summed E-state index contributed by atoms with van der Waals surface area (Å²) in [6.45, 7) is 0.394. The number of anilines is 1. The van der Waals surface area contributed by atoms with Gasteiger partial charge in [-0.15, -0.1) is 0 Å². The number of nitriles is 2. The lowest BCUT2D eigenvalue weighted by Gasteiger charge is -2.17. The van der Waals surface area contributed by atoms with Gasteiger partial charge in [0.2, 0.25) is 0 Å². The quantitative estimate of drug-likeness (QED) is 0.574. The van der Waals surface area contributed by atoms with Crippen LogP contribution in [0.4, 0.5) is 10.1 Å². The first kappa shape index (κ1) is 10.4. The van der Waals surface area contributed by atoms with Crippen LogP contribution in [0, 0.1) is 34.0 Å². The van der Waals surface area contributed by atoms with Crippen LogP contribution in [0.15, 0.2) is 24.3 Å². The van der Waals surface area contributed by atoms with Crippen molar-refractivity contribution in [3.63, 3.8) is 0 Å². The Morgan fingerprint density at radius 3 is 2.31 bits per heavy atom. The van der Waals surface area contributed by atoms with Gasteiger partial charge in [0.1, 0.15) is 5.82 Å². The normalized spacial score (nSPS) is 15.9. The molecule has 4 heteroatoms. The number of hydrogen-bond donors (Lipinski definition) is 0. The average molecular weight is 215 g/mol. The van der Waals surface area contributed by atoms with Gasteiger partial charge < -0.3 is 0 Å². The Morgan fingerprint density at radius 1 is 1.25 bits per heavy atom. The van der Waals surface area contributed by atoms with Gasteiger partial charge in [0.05, 0.1) is 23.7 Å². The molecule has 1 aromatic rings. The molecule has 0 heterocycles. The third-order valence-electron chi connectivity index (χ3n) is 2.81. The van der Waals surface area contributed by atoms with Gasteiger partial charge in [0.25, 0.3) is 0 Å². The van der Waals surface area contributed by atoms with Gasteiger partial charge in [-0.1, -0.05) is 0 Å². The molecule has 80 valence electrons. The van der Waals surface area contributed by atoms with Gasteiger partial charge in [0.15, 0.2) is 6.19 Å². The maximum absolute atomic E-state index is 12.7. The second-order valence-corrected chi connectivity index (χ2v) is 4.05. The summed E-state index contributed by atoms with van der Waals surface area (Å²) in [5, 5.41) is 18.0. The molecule has 1 aliphatic carbocycles. The van der Waals surface area contributed by atoms with Crippen LogP contribution in [0.5, 0.6) is 0 Å². The second kappa shape index (κ2) is 3.83. The van der Waals surface area contributed by atoms with Gasteiger partial charge in [0, 0.05) is 0 Å². The van der Waals surface area contributed by atoms with Crippen LogP contribution < -0.4 is 4.90 Å². The van der Waals surface area contributed by atoms with Crippen molar-refractivity contribution >= 4 is 5.69 Å². The minimum atomic E-state index is -0.371. The zero-order valence-electron chi connectivity index (χ0n) is 8.65. The molecule has 0 atom stereocenters. The molecule has 16 heavy (non-hydrogen) atoms. The number of benzene rings is 1. The lowest BCUT2D eigenvalue weighted by Crippen LogP contribution is -2.25. The largest absolute Gasteiger partial charge is 0.278 e. The van der Waals surface area contributed by atoms with Gasteiger partial charge in [-0.25, -0.2) is 4.39 Å². The SMILES string of the molecule is N#CN(CC1(C#N)CC1)c1ccc(F)cc1. The molecule has 0 aromatic heterocycles. The van der Waals surface area contributed by atoms with Gasteiger partial charge >= 0.3 is 0 Å². The summed E-state index contributed by atoms with van der Waals surface area (Å²) in [5.41, 5.74) is 0.259. The fourth-order valence-electron chi connectivity index (χ4n) is 1.56. The Kier molecular flexibility index (Phi) is 2.50. The Morgan fingerprint density at radius 2 is 1.88 bits per heavy atom. The van der Waals surface area contributed by atoms with Crippen LogP contribution in [0.2, 0.25) is 0 Å². The van der Waals surface area contributed by atoms with Crippen molar-refractivity contribution in [2.45, 2.75) is 12.8 Å². The van der Waals surface area contributed by atoms with Crippen LogP contribution in [-0.4, -0.2) is 6.54 Å². The maximum Gasteiger partial charge on any atom is 0.184 e. The molecule has 0 saturated heterocycles. The van der Waals surface area contributed by atoms with E-state index >= 15 is 0 Å². The summed E-state index contributed by atoms with van der Waals surface area (Å²) in [6.07, 6.45) is 3.70. The van der Waals surface area contributed by atoms with E-state index in [-0.39, 0.29) is 11.2 Å². The summed E-state index contributed by atoms with van der Waals surface area (Å²) in [5.74, 6) is -0.331. The summed E-state index contributed by atoms with van der Waals surface area (Å²) in [7, 11) is 0. The van der Waals surface area contributed by atoms with Crippen LogP contribution in [0.25, 0.3) is 0 Å². The summed E-state index contributed by atoms with van der Waals surface area (Å²) < 4.78 is 12.7. The molecule has 0 spiro atoms. The third kappa shape index (κ3) is 1.97. The van der Waals surface area contributed by atoms with E-state index in [1.165, 1.54) is 17.0 Å². The molecule has 3 nitrogen and oxygen atoms in total. The molecule has 0 amide bonds. The molecule has 2 rings (SSSR count). The molecule has 0 unspecified atom stereocenters. The highest BCUT2D eigenvalue weighted by Gasteiger charge is 2.44. The van der Waals surface area contributed by atoms with Gasteiger partial charge in [-0.3, -0.25) is 4.90 Å². The van der Waals surface area contributed by atoms with Crippen molar-refractivity contribution in [3.05, 3.63) is 30.1 Å². The topological polar surface area (TPSA) is 50.8 Å². The predicted molar refractivity (Wildman–Crippen MR) is 56.6 cm³/mol. The molecule has 1 fully saturated rings. The third-order valence-corrected chi connectivity index (χ3v) is 2.81. The van der Waals surface area contributed by atoms with E-state index in [0.717, 1.165) is 12.8 Å². The molecular weight excluding hydrogens is 205 g/mol. The minimum absolute atomic E-state index is 0.331. The molecular formula is C12H10FN3. The fraction of sp³-hybridized carbons (Fsp3) is 0.333. The predicted octanol–water partition coefficient (Wildman–Crippen LogP) is 2.42. The van der Waals surface area contributed by atoms with Crippen molar-refractivity contribution in [1.29, 1.82) is 10.5 Å². The highest BCUT2D eigenvalue weighted by molar-refractivity contribution is 5.51. The Hall–Kier alpha value is -2.07. The number of nitrogens with zero attached hydrogens (tertiary/aromatic N) is 3. The van der Waals surface area contributed by atoms with Crippen molar-refractivity contribution in [2.75, 3.05) is 11.4 Å². The van der Waals surface area contributed by atoms with E-state index in [9.17, 15) is 4.39 Å². The first-order chi connectivity index (χ1) is 7.69. The van der Waals surface area contributed by atoms with Crippen LogP contribution in [0.1, 0.15) is 12.8 Å². The van der Waals surface area contributed by atoms with E-state index in [0.29, 0.717) is 12.2 Å². The van der Waals surface area contributed by atoms with E-state index in [1.54, 1.807) is 12.1 Å². The van der Waals surface area contributed by atoms with Gasteiger partial charge in [-0.05, 0) is 37.1 Å². The van der Waals surface area contributed by atoms with Crippen molar-refractivity contribution in [2.24, 2.45) is 5.41 Å². The van der Waals surface area contributed by atoms with E-state index in [2.05, 4.69) is 6.07 Å². The Balaban J connectivity index is 2.15. The Labute approximate surface area is 93.3 Å². The molecule has 0 N–H and O–H groups in total. The average Bonchev–Trinajstić information content (AvgIpc) is 3.08. The van der Waals surface area contributed by atoms with Gasteiger partial charge in [-0.2, -0.15) is 10.5 Å². The second-order valence-electron chi connectivity index (χ2n) is 4.05. The molecule has 1 aliphatic rings. The smallest absolute Gasteiger partial charge is 0.184 e. The summed E-state index contributed by atoms with van der Waals surface area (Å²) in [6, 6.07) is 7.95. The first-order valence-corrected chi connectivity index (χ1v) is 5.03. The van der Waals surface area contributed by atoms with Crippen LogP contribution in [0.3, 0.4) is 0 Å². The molecule has 0 aliphatic heterocycles. The van der Waals surface area contributed by atoms with Crippen LogP contribution in [-0.2, 0) is 0 Å². The summed E-state index contributed by atoms with van der Waals surface area (Å²) in [4.78, 5) is 1.44. The highest BCUT2D eigenvalue weighted by Crippen LogP contribution is 2.45. The van der Waals surface area contributed by atoms with Crippen molar-refractivity contribution < 1.29 is 4.39 Å². The highest BCUT2D eigenvalue weighted by atomic mass is 19.1. The van der Waals surface area contributed by atoms with E-state index in [1.807, 2.05) is 6.19 Å².